The quantitative estimate of drug-likeness (QED) is 0.909. The maximum atomic E-state index is 5.88. The van der Waals surface area contributed by atoms with E-state index in [1.807, 2.05) is 36.4 Å². The number of nitrogens with one attached hydrogen (secondary N) is 1. The molecular weight excluding hydrogens is 248 g/mol. The lowest BCUT2D eigenvalue weighted by atomic mass is 10.1. The van der Waals surface area contributed by atoms with Crippen LogP contribution in [-0.4, -0.2) is 10.5 Å². The van der Waals surface area contributed by atoms with Crippen molar-refractivity contribution < 1.29 is 4.74 Å². The summed E-state index contributed by atoms with van der Waals surface area (Å²) in [5.74, 6) is 1.47. The Hall–Kier alpha value is -1.87. The highest BCUT2D eigenvalue weighted by Gasteiger charge is 2.11. The molecule has 1 N–H and O–H groups in total. The molecule has 1 heterocycles. The van der Waals surface area contributed by atoms with Gasteiger partial charge in [-0.1, -0.05) is 23.8 Å². The van der Waals surface area contributed by atoms with E-state index in [2.05, 4.69) is 38.0 Å². The zero-order chi connectivity index (χ0) is 14.6. The molecule has 0 aliphatic heterocycles. The second-order valence-corrected chi connectivity index (χ2v) is 5.99. The molecule has 0 spiro atoms. The Balaban J connectivity index is 2.13. The van der Waals surface area contributed by atoms with Crippen molar-refractivity contribution in [1.29, 1.82) is 0 Å². The number of hydrogen-bond acceptors (Lipinski definition) is 3. The molecule has 2 aromatic rings. The number of rotatable bonds is 4. The molecule has 0 fully saturated rings. The molecule has 0 radical (unpaired) electrons. The SMILES string of the molecule is Cc1ccc(Oc2ncccc2CNC(C)(C)C)cc1. The molecule has 3 nitrogen and oxygen atoms in total. The van der Waals surface area contributed by atoms with Gasteiger partial charge < -0.3 is 10.1 Å². The Morgan fingerprint density at radius 3 is 2.45 bits per heavy atom. The molecule has 0 aliphatic rings. The second kappa shape index (κ2) is 6.06. The molecule has 0 saturated heterocycles. The van der Waals surface area contributed by atoms with Gasteiger partial charge in [0.1, 0.15) is 5.75 Å². The normalized spacial score (nSPS) is 11.4. The van der Waals surface area contributed by atoms with E-state index in [4.69, 9.17) is 4.74 Å². The number of nitrogens with zero attached hydrogens (tertiary/aromatic N) is 1. The smallest absolute Gasteiger partial charge is 0.223 e. The lowest BCUT2D eigenvalue weighted by Crippen LogP contribution is -2.35. The van der Waals surface area contributed by atoms with Gasteiger partial charge in [0.25, 0.3) is 0 Å². The third kappa shape index (κ3) is 4.35. The van der Waals surface area contributed by atoms with Gasteiger partial charge in [-0.15, -0.1) is 0 Å². The Bertz CT molecular complexity index is 556. The fraction of sp³-hybridized carbons (Fsp3) is 0.353. The standard InChI is InChI=1S/C17H22N2O/c1-13-7-9-15(10-8-13)20-16-14(6-5-11-18-16)12-19-17(2,3)4/h5-11,19H,12H2,1-4H3. The van der Waals surface area contributed by atoms with Gasteiger partial charge in [0.15, 0.2) is 0 Å². The molecule has 0 bridgehead atoms. The molecule has 0 unspecified atom stereocenters. The summed E-state index contributed by atoms with van der Waals surface area (Å²) in [6.45, 7) is 9.22. The molecular formula is C17H22N2O. The van der Waals surface area contributed by atoms with Crippen molar-refractivity contribution in [2.24, 2.45) is 0 Å². The largest absolute Gasteiger partial charge is 0.439 e. The molecule has 20 heavy (non-hydrogen) atoms. The van der Waals surface area contributed by atoms with Gasteiger partial charge in [-0.25, -0.2) is 4.98 Å². The van der Waals surface area contributed by atoms with E-state index in [0.717, 1.165) is 17.9 Å². The predicted octanol–water partition coefficient (Wildman–Crippen LogP) is 4.07. The summed E-state index contributed by atoms with van der Waals surface area (Å²) >= 11 is 0. The van der Waals surface area contributed by atoms with Crippen LogP contribution in [0.15, 0.2) is 42.6 Å². The number of pyridine rings is 1. The molecule has 0 amide bonds. The summed E-state index contributed by atoms with van der Waals surface area (Å²) in [4.78, 5) is 4.33. The average molecular weight is 270 g/mol. The van der Waals surface area contributed by atoms with Gasteiger partial charge in [-0.3, -0.25) is 0 Å². The van der Waals surface area contributed by atoms with Gasteiger partial charge in [-0.05, 0) is 45.9 Å². The maximum absolute atomic E-state index is 5.88. The van der Waals surface area contributed by atoms with Crippen molar-refractivity contribution >= 4 is 0 Å². The fourth-order valence-electron chi connectivity index (χ4n) is 1.73. The molecule has 3 heteroatoms. The van der Waals surface area contributed by atoms with Crippen LogP contribution in [0.4, 0.5) is 0 Å². The molecule has 0 aliphatic carbocycles. The van der Waals surface area contributed by atoms with Crippen LogP contribution in [0.2, 0.25) is 0 Å². The van der Waals surface area contributed by atoms with Crippen LogP contribution in [0.1, 0.15) is 31.9 Å². The van der Waals surface area contributed by atoms with Crippen molar-refractivity contribution in [1.82, 2.24) is 10.3 Å². The van der Waals surface area contributed by atoms with Crippen LogP contribution in [0.5, 0.6) is 11.6 Å². The number of benzene rings is 1. The highest BCUT2D eigenvalue weighted by Crippen LogP contribution is 2.23. The second-order valence-electron chi connectivity index (χ2n) is 5.99. The van der Waals surface area contributed by atoms with Gasteiger partial charge in [0.05, 0.1) is 0 Å². The van der Waals surface area contributed by atoms with Crippen molar-refractivity contribution in [3.8, 4) is 11.6 Å². The number of aromatic nitrogens is 1. The Morgan fingerprint density at radius 2 is 1.80 bits per heavy atom. The van der Waals surface area contributed by atoms with Gasteiger partial charge in [0.2, 0.25) is 5.88 Å². The average Bonchev–Trinajstić information content (AvgIpc) is 2.39. The summed E-state index contributed by atoms with van der Waals surface area (Å²) in [5.41, 5.74) is 2.34. The minimum Gasteiger partial charge on any atom is -0.439 e. The summed E-state index contributed by atoms with van der Waals surface area (Å²) < 4.78 is 5.88. The summed E-state index contributed by atoms with van der Waals surface area (Å²) in [5, 5.41) is 3.45. The first kappa shape index (κ1) is 14.5. The third-order valence-corrected chi connectivity index (χ3v) is 2.89. The first-order valence-corrected chi connectivity index (χ1v) is 6.87. The van der Waals surface area contributed by atoms with E-state index in [-0.39, 0.29) is 5.54 Å². The van der Waals surface area contributed by atoms with E-state index in [9.17, 15) is 0 Å². The Labute approximate surface area is 121 Å². The molecule has 2 rings (SSSR count). The molecule has 0 atom stereocenters. The highest BCUT2D eigenvalue weighted by molar-refractivity contribution is 5.33. The van der Waals surface area contributed by atoms with E-state index in [1.54, 1.807) is 6.20 Å². The summed E-state index contributed by atoms with van der Waals surface area (Å²) in [7, 11) is 0. The van der Waals surface area contributed by atoms with Crippen LogP contribution in [0.25, 0.3) is 0 Å². The number of ether oxygens (including phenoxy) is 1. The topological polar surface area (TPSA) is 34.1 Å². The van der Waals surface area contributed by atoms with Crippen LogP contribution in [0.3, 0.4) is 0 Å². The number of hydrogen-bond donors (Lipinski definition) is 1. The van der Waals surface area contributed by atoms with Crippen molar-refractivity contribution in [2.45, 2.75) is 39.8 Å². The molecule has 0 saturated carbocycles. The van der Waals surface area contributed by atoms with E-state index in [1.165, 1.54) is 5.56 Å². The lowest BCUT2D eigenvalue weighted by molar-refractivity contribution is 0.409. The van der Waals surface area contributed by atoms with E-state index in [0.29, 0.717) is 5.88 Å². The fourth-order valence-corrected chi connectivity index (χ4v) is 1.73. The maximum Gasteiger partial charge on any atom is 0.223 e. The Morgan fingerprint density at radius 1 is 1.10 bits per heavy atom. The molecule has 106 valence electrons. The minimum absolute atomic E-state index is 0.0664. The van der Waals surface area contributed by atoms with Gasteiger partial charge in [-0.2, -0.15) is 0 Å². The van der Waals surface area contributed by atoms with Gasteiger partial charge in [0, 0.05) is 23.8 Å². The lowest BCUT2D eigenvalue weighted by Gasteiger charge is -2.21. The molecule has 1 aromatic heterocycles. The number of aryl methyl sites for hydroxylation is 1. The highest BCUT2D eigenvalue weighted by atomic mass is 16.5. The first-order chi connectivity index (χ1) is 9.44. The minimum atomic E-state index is 0.0664. The molecule has 1 aromatic carbocycles. The van der Waals surface area contributed by atoms with Crippen LogP contribution in [-0.2, 0) is 6.54 Å². The van der Waals surface area contributed by atoms with Crippen molar-refractivity contribution in [2.75, 3.05) is 0 Å². The van der Waals surface area contributed by atoms with Crippen molar-refractivity contribution in [3.05, 3.63) is 53.7 Å². The monoisotopic (exact) mass is 270 g/mol. The van der Waals surface area contributed by atoms with Crippen LogP contribution < -0.4 is 10.1 Å². The summed E-state index contributed by atoms with van der Waals surface area (Å²) in [6.07, 6.45) is 1.75. The Kier molecular flexibility index (Phi) is 4.40. The van der Waals surface area contributed by atoms with Gasteiger partial charge >= 0.3 is 0 Å². The van der Waals surface area contributed by atoms with Crippen molar-refractivity contribution in [3.63, 3.8) is 0 Å². The third-order valence-electron chi connectivity index (χ3n) is 2.89. The van der Waals surface area contributed by atoms with E-state index >= 15 is 0 Å². The first-order valence-electron chi connectivity index (χ1n) is 6.87. The predicted molar refractivity (Wildman–Crippen MR) is 82.1 cm³/mol. The summed E-state index contributed by atoms with van der Waals surface area (Å²) in [6, 6.07) is 12.0. The zero-order valence-corrected chi connectivity index (χ0v) is 12.6. The zero-order valence-electron chi connectivity index (χ0n) is 12.6. The van der Waals surface area contributed by atoms with Crippen LogP contribution in [0, 0.1) is 6.92 Å². The van der Waals surface area contributed by atoms with E-state index < -0.39 is 0 Å². The van der Waals surface area contributed by atoms with Crippen LogP contribution >= 0.6 is 0 Å².